The van der Waals surface area contributed by atoms with Crippen molar-refractivity contribution in [1.82, 2.24) is 4.72 Å². The summed E-state index contributed by atoms with van der Waals surface area (Å²) in [6.07, 6.45) is 0. The highest BCUT2D eigenvalue weighted by atomic mass is 32.2. The number of benzene rings is 2. The van der Waals surface area contributed by atoms with Gasteiger partial charge in [0.1, 0.15) is 5.75 Å². The fourth-order valence-electron chi connectivity index (χ4n) is 1.93. The molecule has 7 nitrogen and oxygen atoms in total. The second kappa shape index (κ2) is 7.80. The number of hydrogen-bond acceptors (Lipinski definition) is 4. The van der Waals surface area contributed by atoms with Crippen LogP contribution in [0.5, 0.6) is 5.75 Å². The predicted molar refractivity (Wildman–Crippen MR) is 92.9 cm³/mol. The Labute approximate surface area is 141 Å². The van der Waals surface area contributed by atoms with E-state index in [1.807, 2.05) is 6.92 Å². The third-order valence-corrected chi connectivity index (χ3v) is 4.54. The summed E-state index contributed by atoms with van der Waals surface area (Å²) in [7, 11) is -2.15. The van der Waals surface area contributed by atoms with Crippen molar-refractivity contribution >= 4 is 27.4 Å². The number of rotatable bonds is 6. The summed E-state index contributed by atoms with van der Waals surface area (Å²) in [4.78, 5) is 12.1. The summed E-state index contributed by atoms with van der Waals surface area (Å²) in [6, 6.07) is 12.4. The molecule has 8 heteroatoms. The molecule has 0 saturated carbocycles. The van der Waals surface area contributed by atoms with Crippen LogP contribution in [0, 0.1) is 0 Å². The van der Waals surface area contributed by atoms with E-state index in [2.05, 4.69) is 15.4 Å². The molecular weight excluding hydrogens is 330 g/mol. The lowest BCUT2D eigenvalue weighted by Gasteiger charge is -2.09. The Hall–Kier alpha value is -2.58. The van der Waals surface area contributed by atoms with Gasteiger partial charge in [-0.3, -0.25) is 0 Å². The molecule has 2 aromatic carbocycles. The Morgan fingerprint density at radius 1 is 0.958 bits per heavy atom. The molecule has 2 amide bonds. The van der Waals surface area contributed by atoms with E-state index in [1.165, 1.54) is 31.3 Å². The number of amides is 2. The Morgan fingerprint density at radius 2 is 1.46 bits per heavy atom. The minimum Gasteiger partial charge on any atom is -0.494 e. The molecule has 2 aromatic rings. The van der Waals surface area contributed by atoms with Gasteiger partial charge in [-0.2, -0.15) is 0 Å². The van der Waals surface area contributed by atoms with Gasteiger partial charge in [-0.05, 0) is 62.5 Å². The normalized spacial score (nSPS) is 10.9. The number of hydrogen-bond donors (Lipinski definition) is 3. The van der Waals surface area contributed by atoms with Crippen LogP contribution in [0.3, 0.4) is 0 Å². The monoisotopic (exact) mass is 349 g/mol. The lowest BCUT2D eigenvalue weighted by molar-refractivity contribution is 0.262. The van der Waals surface area contributed by atoms with Gasteiger partial charge in [0, 0.05) is 11.4 Å². The fraction of sp³-hybridized carbons (Fsp3) is 0.188. The summed E-state index contributed by atoms with van der Waals surface area (Å²) in [5.41, 5.74) is 1.10. The van der Waals surface area contributed by atoms with E-state index in [-0.39, 0.29) is 4.90 Å². The lowest BCUT2D eigenvalue weighted by Crippen LogP contribution is -2.20. The standard InChI is InChI=1S/C16H19N3O4S/c1-3-23-14-8-4-12(5-9-14)18-16(20)19-13-6-10-15(11-7-13)24(21,22)17-2/h4-11,17H,3H2,1-2H3,(H2,18,19,20). The van der Waals surface area contributed by atoms with E-state index in [0.29, 0.717) is 18.0 Å². The van der Waals surface area contributed by atoms with Crippen molar-refractivity contribution in [2.45, 2.75) is 11.8 Å². The third-order valence-electron chi connectivity index (χ3n) is 3.11. The van der Waals surface area contributed by atoms with Crippen molar-refractivity contribution in [2.75, 3.05) is 24.3 Å². The molecule has 0 spiro atoms. The average molecular weight is 349 g/mol. The smallest absolute Gasteiger partial charge is 0.323 e. The maximum Gasteiger partial charge on any atom is 0.323 e. The summed E-state index contributed by atoms with van der Waals surface area (Å²) in [6.45, 7) is 2.47. The van der Waals surface area contributed by atoms with Crippen LogP contribution >= 0.6 is 0 Å². The van der Waals surface area contributed by atoms with E-state index < -0.39 is 16.1 Å². The van der Waals surface area contributed by atoms with E-state index in [9.17, 15) is 13.2 Å². The quantitative estimate of drug-likeness (QED) is 0.747. The van der Waals surface area contributed by atoms with Gasteiger partial charge >= 0.3 is 6.03 Å². The van der Waals surface area contributed by atoms with E-state index >= 15 is 0 Å². The zero-order valence-corrected chi connectivity index (χ0v) is 14.2. The molecule has 0 aliphatic carbocycles. The summed E-state index contributed by atoms with van der Waals surface area (Å²) in [5, 5.41) is 5.31. The van der Waals surface area contributed by atoms with Gasteiger partial charge in [0.15, 0.2) is 0 Å². The average Bonchev–Trinajstić information content (AvgIpc) is 2.57. The van der Waals surface area contributed by atoms with Crippen molar-refractivity contribution in [1.29, 1.82) is 0 Å². The molecule has 0 fully saturated rings. The van der Waals surface area contributed by atoms with Crippen LogP contribution in [-0.2, 0) is 10.0 Å². The zero-order chi connectivity index (χ0) is 17.6. The van der Waals surface area contributed by atoms with Crippen LogP contribution in [0.25, 0.3) is 0 Å². The first-order valence-corrected chi connectivity index (χ1v) is 8.77. The Morgan fingerprint density at radius 3 is 1.92 bits per heavy atom. The van der Waals surface area contributed by atoms with Crippen molar-refractivity contribution in [3.63, 3.8) is 0 Å². The van der Waals surface area contributed by atoms with Gasteiger partial charge in [-0.15, -0.1) is 0 Å². The van der Waals surface area contributed by atoms with E-state index in [4.69, 9.17) is 4.74 Å². The molecule has 0 unspecified atom stereocenters. The van der Waals surface area contributed by atoms with Gasteiger partial charge in [0.25, 0.3) is 0 Å². The summed E-state index contributed by atoms with van der Waals surface area (Å²) < 4.78 is 30.8. The number of carbonyl (C=O) groups is 1. The van der Waals surface area contributed by atoms with Crippen LogP contribution in [0.15, 0.2) is 53.4 Å². The molecule has 0 aromatic heterocycles. The van der Waals surface area contributed by atoms with Crippen LogP contribution in [0.1, 0.15) is 6.92 Å². The zero-order valence-electron chi connectivity index (χ0n) is 13.4. The van der Waals surface area contributed by atoms with Gasteiger partial charge < -0.3 is 15.4 Å². The molecule has 0 aliphatic heterocycles. The number of nitrogens with one attached hydrogen (secondary N) is 3. The van der Waals surface area contributed by atoms with E-state index in [1.54, 1.807) is 24.3 Å². The molecule has 0 bridgehead atoms. The maximum absolute atomic E-state index is 11.9. The van der Waals surface area contributed by atoms with Gasteiger partial charge in [0.05, 0.1) is 11.5 Å². The number of ether oxygens (including phenoxy) is 1. The van der Waals surface area contributed by atoms with Crippen LogP contribution < -0.4 is 20.1 Å². The first kappa shape index (κ1) is 17.8. The van der Waals surface area contributed by atoms with Gasteiger partial charge in [-0.25, -0.2) is 17.9 Å². The highest BCUT2D eigenvalue weighted by Gasteiger charge is 2.11. The van der Waals surface area contributed by atoms with Crippen molar-refractivity contribution in [3.05, 3.63) is 48.5 Å². The number of carbonyl (C=O) groups excluding carboxylic acids is 1. The fourth-order valence-corrected chi connectivity index (χ4v) is 2.66. The van der Waals surface area contributed by atoms with Crippen molar-refractivity contribution in [3.8, 4) is 5.75 Å². The first-order chi connectivity index (χ1) is 11.4. The Bertz CT molecular complexity index is 787. The van der Waals surface area contributed by atoms with Gasteiger partial charge in [0.2, 0.25) is 10.0 Å². The van der Waals surface area contributed by atoms with E-state index in [0.717, 1.165) is 5.75 Å². The minimum absolute atomic E-state index is 0.127. The molecule has 128 valence electrons. The number of anilines is 2. The van der Waals surface area contributed by atoms with Crippen molar-refractivity contribution in [2.24, 2.45) is 0 Å². The molecule has 0 radical (unpaired) electrons. The Kier molecular flexibility index (Phi) is 5.78. The second-order valence-electron chi connectivity index (χ2n) is 4.77. The van der Waals surface area contributed by atoms with Gasteiger partial charge in [-0.1, -0.05) is 0 Å². The highest BCUT2D eigenvalue weighted by molar-refractivity contribution is 7.89. The molecule has 0 aliphatic rings. The SMILES string of the molecule is CCOc1ccc(NC(=O)Nc2ccc(S(=O)(=O)NC)cc2)cc1. The number of urea groups is 1. The largest absolute Gasteiger partial charge is 0.494 e. The summed E-state index contributed by atoms with van der Waals surface area (Å²) in [5.74, 6) is 0.727. The molecule has 3 N–H and O–H groups in total. The molecule has 0 atom stereocenters. The number of sulfonamides is 1. The predicted octanol–water partition coefficient (Wildman–Crippen LogP) is 2.64. The Balaban J connectivity index is 1.97. The molecule has 2 rings (SSSR count). The first-order valence-electron chi connectivity index (χ1n) is 7.29. The molecule has 0 saturated heterocycles. The highest BCUT2D eigenvalue weighted by Crippen LogP contribution is 2.17. The maximum atomic E-state index is 11.9. The minimum atomic E-state index is -3.49. The lowest BCUT2D eigenvalue weighted by atomic mass is 10.3. The van der Waals surface area contributed by atoms with Crippen LogP contribution in [0.4, 0.5) is 16.2 Å². The van der Waals surface area contributed by atoms with Crippen molar-refractivity contribution < 1.29 is 17.9 Å². The molecule has 0 heterocycles. The second-order valence-corrected chi connectivity index (χ2v) is 6.65. The topological polar surface area (TPSA) is 96.5 Å². The van der Waals surface area contributed by atoms with Crippen LogP contribution in [-0.4, -0.2) is 28.1 Å². The molecule has 24 heavy (non-hydrogen) atoms. The molecular formula is C16H19N3O4S. The third kappa shape index (κ3) is 4.71. The summed E-state index contributed by atoms with van der Waals surface area (Å²) >= 11 is 0. The van der Waals surface area contributed by atoms with Crippen LogP contribution in [0.2, 0.25) is 0 Å².